The van der Waals surface area contributed by atoms with Crippen LogP contribution >= 0.6 is 0 Å². The van der Waals surface area contributed by atoms with Crippen LogP contribution in [0.1, 0.15) is 33.3 Å². The Bertz CT molecular complexity index is 371. The zero-order chi connectivity index (χ0) is 13.1. The number of aromatic nitrogens is 1. The molecule has 0 radical (unpaired) electrons. The van der Waals surface area contributed by atoms with Gasteiger partial charge in [-0.05, 0) is 33.8 Å². The Morgan fingerprint density at radius 2 is 2.06 bits per heavy atom. The van der Waals surface area contributed by atoms with Gasteiger partial charge in [0.2, 0.25) is 0 Å². The summed E-state index contributed by atoms with van der Waals surface area (Å²) in [7, 11) is 1.96. The largest absolute Gasteiger partial charge is 0.360 e. The van der Waals surface area contributed by atoms with Gasteiger partial charge in [-0.3, -0.25) is 0 Å². The van der Waals surface area contributed by atoms with Crippen molar-refractivity contribution in [1.82, 2.24) is 10.3 Å². The van der Waals surface area contributed by atoms with Gasteiger partial charge in [0.15, 0.2) is 0 Å². The molecule has 1 heterocycles. The Hall–Kier alpha value is -1.16. The first-order valence-corrected chi connectivity index (χ1v) is 5.94. The van der Waals surface area contributed by atoms with Crippen molar-refractivity contribution in [3.05, 3.63) is 23.6 Å². The molecule has 4 heteroatoms. The molecular weight excluding hydrogens is 217 g/mol. The monoisotopic (exact) mass is 239 g/mol. The van der Waals surface area contributed by atoms with Crippen molar-refractivity contribution >= 4 is 5.82 Å². The summed E-state index contributed by atoms with van der Waals surface area (Å²) in [5, 5.41) is 3.35. The molecule has 0 bridgehead atoms. The van der Waals surface area contributed by atoms with Crippen LogP contribution in [0.25, 0.3) is 0 Å². The van der Waals surface area contributed by atoms with E-state index >= 15 is 0 Å². The van der Waals surface area contributed by atoms with Gasteiger partial charge in [0.05, 0.1) is 6.20 Å². The minimum Gasteiger partial charge on any atom is -0.360 e. The van der Waals surface area contributed by atoms with Gasteiger partial charge in [-0.1, -0.05) is 0 Å². The lowest BCUT2D eigenvalue weighted by Crippen LogP contribution is -2.35. The third-order valence-electron chi connectivity index (χ3n) is 2.55. The molecule has 1 aromatic heterocycles. The van der Waals surface area contributed by atoms with E-state index in [1.807, 2.05) is 18.9 Å². The summed E-state index contributed by atoms with van der Waals surface area (Å²) in [5.74, 6) is 0.551. The first-order valence-electron chi connectivity index (χ1n) is 5.94. The van der Waals surface area contributed by atoms with Crippen molar-refractivity contribution in [2.75, 3.05) is 18.5 Å². The van der Waals surface area contributed by atoms with E-state index in [1.165, 1.54) is 6.20 Å². The fraction of sp³-hybridized carbons (Fsp3) is 0.615. The number of rotatable bonds is 4. The Morgan fingerprint density at radius 1 is 1.41 bits per heavy atom. The number of pyridine rings is 1. The van der Waals surface area contributed by atoms with Crippen molar-refractivity contribution in [1.29, 1.82) is 0 Å². The van der Waals surface area contributed by atoms with Crippen molar-refractivity contribution in [2.24, 2.45) is 0 Å². The van der Waals surface area contributed by atoms with Crippen LogP contribution < -0.4 is 10.2 Å². The fourth-order valence-corrected chi connectivity index (χ4v) is 1.46. The van der Waals surface area contributed by atoms with E-state index in [4.69, 9.17) is 0 Å². The molecule has 1 rings (SSSR count). The van der Waals surface area contributed by atoms with Crippen LogP contribution in [0.15, 0.2) is 12.3 Å². The highest BCUT2D eigenvalue weighted by molar-refractivity contribution is 5.46. The molecule has 17 heavy (non-hydrogen) atoms. The van der Waals surface area contributed by atoms with Gasteiger partial charge in [0.25, 0.3) is 0 Å². The van der Waals surface area contributed by atoms with Crippen LogP contribution in [0.3, 0.4) is 0 Å². The summed E-state index contributed by atoms with van der Waals surface area (Å²) in [6.07, 6.45) is 1.27. The summed E-state index contributed by atoms with van der Waals surface area (Å²) in [6, 6.07) is 1.55. The predicted molar refractivity (Wildman–Crippen MR) is 69.7 cm³/mol. The third-order valence-corrected chi connectivity index (χ3v) is 2.55. The highest BCUT2D eigenvalue weighted by atomic mass is 19.1. The van der Waals surface area contributed by atoms with E-state index in [-0.39, 0.29) is 11.4 Å². The van der Waals surface area contributed by atoms with Gasteiger partial charge < -0.3 is 10.2 Å². The summed E-state index contributed by atoms with van der Waals surface area (Å²) in [5.41, 5.74) is 0.901. The quantitative estimate of drug-likeness (QED) is 0.875. The van der Waals surface area contributed by atoms with Crippen LogP contribution in [0.2, 0.25) is 0 Å². The highest BCUT2D eigenvalue weighted by Gasteiger charge is 2.13. The summed E-state index contributed by atoms with van der Waals surface area (Å²) in [6.45, 7) is 9.77. The molecule has 96 valence electrons. The van der Waals surface area contributed by atoms with Crippen LogP contribution in [-0.2, 0) is 6.54 Å². The second kappa shape index (κ2) is 5.45. The molecule has 0 saturated heterocycles. The highest BCUT2D eigenvalue weighted by Crippen LogP contribution is 2.18. The second-order valence-electron chi connectivity index (χ2n) is 5.25. The average molecular weight is 239 g/mol. The average Bonchev–Trinajstić information content (AvgIpc) is 2.24. The van der Waals surface area contributed by atoms with Crippen LogP contribution in [0, 0.1) is 5.82 Å². The lowest BCUT2D eigenvalue weighted by molar-refractivity contribution is 0.423. The smallest absolute Gasteiger partial charge is 0.141 e. The number of hydrogen-bond acceptors (Lipinski definition) is 3. The first-order chi connectivity index (χ1) is 7.83. The zero-order valence-electron chi connectivity index (χ0n) is 11.3. The van der Waals surface area contributed by atoms with Gasteiger partial charge in [-0.15, -0.1) is 0 Å². The van der Waals surface area contributed by atoms with E-state index in [0.29, 0.717) is 6.54 Å². The van der Waals surface area contributed by atoms with E-state index < -0.39 is 0 Å². The normalized spacial score (nSPS) is 11.6. The number of nitrogens with one attached hydrogen (secondary N) is 1. The minimum absolute atomic E-state index is 0.00831. The Balaban J connectivity index is 2.91. The fourth-order valence-electron chi connectivity index (χ4n) is 1.46. The Labute approximate surface area is 103 Å². The molecule has 0 amide bonds. The van der Waals surface area contributed by atoms with Gasteiger partial charge >= 0.3 is 0 Å². The Kier molecular flexibility index (Phi) is 4.46. The van der Waals surface area contributed by atoms with Crippen LogP contribution in [-0.4, -0.2) is 24.1 Å². The lowest BCUT2D eigenvalue weighted by Gasteiger charge is -2.24. The van der Waals surface area contributed by atoms with Crippen molar-refractivity contribution < 1.29 is 4.39 Å². The van der Waals surface area contributed by atoms with E-state index in [2.05, 4.69) is 31.1 Å². The second-order valence-corrected chi connectivity index (χ2v) is 5.25. The molecule has 0 atom stereocenters. The number of nitrogens with zero attached hydrogens (tertiary/aromatic N) is 2. The molecule has 1 N–H and O–H groups in total. The van der Waals surface area contributed by atoms with Gasteiger partial charge in [-0.25, -0.2) is 9.37 Å². The maximum absolute atomic E-state index is 13.2. The van der Waals surface area contributed by atoms with E-state index in [9.17, 15) is 4.39 Å². The number of hydrogen-bond donors (Lipinski definition) is 1. The molecule has 0 aliphatic carbocycles. The van der Waals surface area contributed by atoms with Crippen molar-refractivity contribution in [2.45, 2.75) is 39.8 Å². The molecule has 0 spiro atoms. The molecule has 0 aliphatic rings. The van der Waals surface area contributed by atoms with Crippen LogP contribution in [0.5, 0.6) is 0 Å². The van der Waals surface area contributed by atoms with Gasteiger partial charge in [0, 0.05) is 31.2 Å². The Morgan fingerprint density at radius 3 is 2.59 bits per heavy atom. The van der Waals surface area contributed by atoms with Crippen LogP contribution in [0.4, 0.5) is 10.2 Å². The number of halogens is 1. The standard InChI is InChI=1S/C13H22FN3/c1-6-17(5)12-10(7-11(14)9-15-12)8-16-13(2,3)4/h7,9,16H,6,8H2,1-5H3. The van der Waals surface area contributed by atoms with Crippen molar-refractivity contribution in [3.8, 4) is 0 Å². The summed E-state index contributed by atoms with van der Waals surface area (Å²) >= 11 is 0. The third kappa shape index (κ3) is 4.30. The topological polar surface area (TPSA) is 28.2 Å². The number of anilines is 1. The van der Waals surface area contributed by atoms with Gasteiger partial charge in [-0.2, -0.15) is 0 Å². The molecule has 0 fully saturated rings. The summed E-state index contributed by atoms with van der Waals surface area (Å²) < 4.78 is 13.2. The molecule has 1 aromatic rings. The molecule has 0 aromatic carbocycles. The molecule has 0 unspecified atom stereocenters. The first kappa shape index (κ1) is 13.9. The maximum atomic E-state index is 13.2. The molecule has 0 saturated carbocycles. The zero-order valence-corrected chi connectivity index (χ0v) is 11.3. The minimum atomic E-state index is -0.288. The lowest BCUT2D eigenvalue weighted by atomic mass is 10.1. The summed E-state index contributed by atoms with van der Waals surface area (Å²) in [4.78, 5) is 6.17. The SMILES string of the molecule is CCN(C)c1ncc(F)cc1CNC(C)(C)C. The predicted octanol–water partition coefficient (Wildman–Crippen LogP) is 2.56. The molecule has 3 nitrogen and oxygen atoms in total. The van der Waals surface area contributed by atoms with E-state index in [0.717, 1.165) is 17.9 Å². The maximum Gasteiger partial charge on any atom is 0.141 e. The van der Waals surface area contributed by atoms with E-state index in [1.54, 1.807) is 6.07 Å². The molecular formula is C13H22FN3. The molecule has 0 aliphatic heterocycles. The van der Waals surface area contributed by atoms with Gasteiger partial charge in [0.1, 0.15) is 11.6 Å². The van der Waals surface area contributed by atoms with Crippen molar-refractivity contribution in [3.63, 3.8) is 0 Å².